The van der Waals surface area contributed by atoms with Gasteiger partial charge < -0.3 is 20.1 Å². The molecule has 0 unspecified atom stereocenters. The van der Waals surface area contributed by atoms with Crippen LogP contribution < -0.4 is 21.3 Å². The number of aromatic amines is 2. The molecule has 8 nitrogen and oxygen atoms in total. The minimum Gasteiger partial charge on any atom is -0.497 e. The molecule has 8 heteroatoms. The lowest BCUT2D eigenvalue weighted by Crippen LogP contribution is -2.39. The predicted molar refractivity (Wildman–Crippen MR) is 102 cm³/mol. The zero-order valence-electron chi connectivity index (χ0n) is 15.3. The number of nitrogens with zero attached hydrogens (tertiary/aromatic N) is 1. The Morgan fingerprint density at radius 2 is 2.11 bits per heavy atom. The van der Waals surface area contributed by atoms with E-state index in [4.69, 9.17) is 4.74 Å². The maximum Gasteiger partial charge on any atom is 0.331 e. The molecule has 0 saturated heterocycles. The first-order chi connectivity index (χ1) is 13.0. The first kappa shape index (κ1) is 17.4. The highest BCUT2D eigenvalue weighted by atomic mass is 16.5. The van der Waals surface area contributed by atoms with E-state index in [9.17, 15) is 14.7 Å². The standard InChI is InChI=1S/C19H22N4O4/c1-3-8-23-18(25)14(17(24)22-19(23)26)16-15-11(6-7-20-16)12-9-10(27-2)4-5-13(12)21-15/h4-5,9,16,20-21,25H,3,6-8H2,1-2H3,(H,22,24,26)/t16-/m0/s1. The van der Waals surface area contributed by atoms with Gasteiger partial charge in [0.25, 0.3) is 5.56 Å². The second-order valence-electron chi connectivity index (χ2n) is 6.71. The van der Waals surface area contributed by atoms with Crippen LogP contribution in [-0.2, 0) is 13.0 Å². The van der Waals surface area contributed by atoms with Crippen molar-refractivity contribution in [2.75, 3.05) is 13.7 Å². The molecule has 27 heavy (non-hydrogen) atoms. The molecule has 0 fully saturated rings. The third kappa shape index (κ3) is 2.73. The second kappa shape index (κ2) is 6.62. The van der Waals surface area contributed by atoms with Crippen molar-refractivity contribution in [1.82, 2.24) is 19.9 Å². The number of nitrogens with one attached hydrogen (secondary N) is 3. The normalized spacial score (nSPS) is 16.4. The molecule has 3 heterocycles. The molecule has 4 N–H and O–H groups in total. The van der Waals surface area contributed by atoms with Crippen LogP contribution in [0.2, 0.25) is 0 Å². The predicted octanol–water partition coefficient (Wildman–Crippen LogP) is 1.38. The maximum absolute atomic E-state index is 12.5. The molecule has 1 atom stereocenters. The van der Waals surface area contributed by atoms with Crippen molar-refractivity contribution >= 4 is 10.9 Å². The molecule has 1 aromatic carbocycles. The third-order valence-electron chi connectivity index (χ3n) is 5.10. The topological polar surface area (TPSA) is 112 Å². The summed E-state index contributed by atoms with van der Waals surface area (Å²) in [6, 6.07) is 5.25. The SMILES string of the molecule is CCCn1c(O)c([C@@H]2NCCc3c2[nH]c2ccc(OC)cc32)c(=O)[nH]c1=O. The number of rotatable bonds is 4. The Hall–Kier alpha value is -3.00. The van der Waals surface area contributed by atoms with E-state index >= 15 is 0 Å². The third-order valence-corrected chi connectivity index (χ3v) is 5.10. The molecular formula is C19H22N4O4. The Morgan fingerprint density at radius 3 is 2.85 bits per heavy atom. The molecule has 0 radical (unpaired) electrons. The average Bonchev–Trinajstić information content (AvgIpc) is 3.03. The van der Waals surface area contributed by atoms with E-state index in [1.165, 1.54) is 4.57 Å². The van der Waals surface area contributed by atoms with Gasteiger partial charge in [0.1, 0.15) is 11.3 Å². The molecule has 4 rings (SSSR count). The summed E-state index contributed by atoms with van der Waals surface area (Å²) in [5.74, 6) is 0.476. The van der Waals surface area contributed by atoms with Crippen LogP contribution in [0.15, 0.2) is 27.8 Å². The van der Waals surface area contributed by atoms with Gasteiger partial charge in [-0.25, -0.2) is 4.79 Å². The summed E-state index contributed by atoms with van der Waals surface area (Å²) in [7, 11) is 1.62. The number of aromatic hydroxyl groups is 1. The molecule has 0 aliphatic carbocycles. The number of benzene rings is 1. The van der Waals surface area contributed by atoms with Crippen LogP contribution in [0.25, 0.3) is 10.9 Å². The quantitative estimate of drug-likeness (QED) is 0.554. The van der Waals surface area contributed by atoms with Gasteiger partial charge in [0.2, 0.25) is 5.88 Å². The minimum absolute atomic E-state index is 0.155. The molecular weight excluding hydrogens is 348 g/mol. The largest absolute Gasteiger partial charge is 0.497 e. The Kier molecular flexibility index (Phi) is 4.27. The Labute approximate surface area is 154 Å². The molecule has 2 aromatic heterocycles. The Bertz CT molecular complexity index is 1130. The van der Waals surface area contributed by atoms with Gasteiger partial charge in [-0.2, -0.15) is 0 Å². The van der Waals surface area contributed by atoms with Gasteiger partial charge in [-0.3, -0.25) is 14.3 Å². The zero-order chi connectivity index (χ0) is 19.1. The van der Waals surface area contributed by atoms with Crippen LogP contribution in [0.5, 0.6) is 11.6 Å². The molecule has 3 aromatic rings. The van der Waals surface area contributed by atoms with Gasteiger partial charge in [0.15, 0.2) is 0 Å². The summed E-state index contributed by atoms with van der Waals surface area (Å²) in [6.07, 6.45) is 1.45. The van der Waals surface area contributed by atoms with Gasteiger partial charge in [0, 0.05) is 29.7 Å². The Morgan fingerprint density at radius 1 is 1.30 bits per heavy atom. The summed E-state index contributed by atoms with van der Waals surface area (Å²) in [4.78, 5) is 30.3. The monoisotopic (exact) mass is 370 g/mol. The highest BCUT2D eigenvalue weighted by molar-refractivity contribution is 5.86. The summed E-state index contributed by atoms with van der Waals surface area (Å²) < 4.78 is 6.53. The number of ether oxygens (including phenoxy) is 1. The molecule has 0 bridgehead atoms. The van der Waals surface area contributed by atoms with Gasteiger partial charge >= 0.3 is 5.69 Å². The first-order valence-corrected chi connectivity index (χ1v) is 9.03. The van der Waals surface area contributed by atoms with E-state index in [1.54, 1.807) is 7.11 Å². The van der Waals surface area contributed by atoms with Crippen molar-refractivity contribution in [2.24, 2.45) is 0 Å². The highest BCUT2D eigenvalue weighted by Crippen LogP contribution is 2.36. The summed E-state index contributed by atoms with van der Waals surface area (Å²) >= 11 is 0. The zero-order valence-corrected chi connectivity index (χ0v) is 15.3. The van der Waals surface area contributed by atoms with Crippen LogP contribution in [0.4, 0.5) is 0 Å². The average molecular weight is 370 g/mol. The lowest BCUT2D eigenvalue weighted by molar-refractivity contribution is 0.381. The minimum atomic E-state index is -0.597. The van der Waals surface area contributed by atoms with Crippen molar-refractivity contribution in [3.63, 3.8) is 0 Å². The van der Waals surface area contributed by atoms with E-state index in [0.717, 1.165) is 34.3 Å². The Balaban J connectivity index is 1.92. The summed E-state index contributed by atoms with van der Waals surface area (Å²) in [5.41, 5.74) is 1.83. The van der Waals surface area contributed by atoms with Crippen LogP contribution in [0.3, 0.4) is 0 Å². The van der Waals surface area contributed by atoms with E-state index in [1.807, 2.05) is 25.1 Å². The van der Waals surface area contributed by atoms with Crippen molar-refractivity contribution in [2.45, 2.75) is 32.4 Å². The van der Waals surface area contributed by atoms with E-state index < -0.39 is 17.3 Å². The van der Waals surface area contributed by atoms with Gasteiger partial charge in [-0.1, -0.05) is 6.92 Å². The molecule has 0 amide bonds. The number of fused-ring (bicyclic) bond motifs is 3. The first-order valence-electron chi connectivity index (χ1n) is 9.03. The van der Waals surface area contributed by atoms with Crippen molar-refractivity contribution in [1.29, 1.82) is 0 Å². The van der Waals surface area contributed by atoms with Crippen LogP contribution in [0, 0.1) is 0 Å². The summed E-state index contributed by atoms with van der Waals surface area (Å²) in [5, 5.41) is 15.0. The molecule has 0 saturated carbocycles. The smallest absolute Gasteiger partial charge is 0.331 e. The van der Waals surface area contributed by atoms with Crippen molar-refractivity contribution in [3.05, 3.63) is 55.9 Å². The number of H-pyrrole nitrogens is 2. The van der Waals surface area contributed by atoms with E-state index in [2.05, 4.69) is 15.3 Å². The van der Waals surface area contributed by atoms with Crippen LogP contribution >= 0.6 is 0 Å². The lowest BCUT2D eigenvalue weighted by Gasteiger charge is -2.25. The molecule has 1 aliphatic rings. The van der Waals surface area contributed by atoms with E-state index in [-0.39, 0.29) is 11.4 Å². The van der Waals surface area contributed by atoms with Crippen LogP contribution in [0.1, 0.15) is 36.2 Å². The number of hydrogen-bond donors (Lipinski definition) is 4. The second-order valence-corrected chi connectivity index (χ2v) is 6.71. The fourth-order valence-electron chi connectivity index (χ4n) is 3.85. The number of hydrogen-bond acceptors (Lipinski definition) is 5. The molecule has 1 aliphatic heterocycles. The van der Waals surface area contributed by atoms with E-state index in [0.29, 0.717) is 19.5 Å². The van der Waals surface area contributed by atoms with Gasteiger partial charge in [-0.05, 0) is 36.6 Å². The highest BCUT2D eigenvalue weighted by Gasteiger charge is 2.31. The number of aromatic nitrogens is 3. The van der Waals surface area contributed by atoms with Gasteiger partial charge in [-0.15, -0.1) is 0 Å². The maximum atomic E-state index is 12.5. The number of methoxy groups -OCH3 is 1. The van der Waals surface area contributed by atoms with Crippen molar-refractivity contribution in [3.8, 4) is 11.6 Å². The van der Waals surface area contributed by atoms with Crippen LogP contribution in [-0.4, -0.2) is 33.3 Å². The lowest BCUT2D eigenvalue weighted by atomic mass is 9.95. The van der Waals surface area contributed by atoms with Crippen molar-refractivity contribution < 1.29 is 9.84 Å². The molecule has 0 spiro atoms. The molecule has 142 valence electrons. The fraction of sp³-hybridized carbons (Fsp3) is 0.368. The fourth-order valence-corrected chi connectivity index (χ4v) is 3.85. The summed E-state index contributed by atoms with van der Waals surface area (Å²) in [6.45, 7) is 2.88. The van der Waals surface area contributed by atoms with Gasteiger partial charge in [0.05, 0.1) is 13.2 Å².